The molecule has 0 saturated carbocycles. The Morgan fingerprint density at radius 3 is 2.53 bits per heavy atom. The largest absolute Gasteiger partial charge is 0.344 e. The average molecular weight is 254 g/mol. The fourth-order valence-electron chi connectivity index (χ4n) is 2.03. The van der Waals surface area contributed by atoms with E-state index in [1.165, 1.54) is 0 Å². The predicted octanol–water partition coefficient (Wildman–Crippen LogP) is 2.47. The first-order chi connectivity index (χ1) is 8.00. The summed E-state index contributed by atoms with van der Waals surface area (Å²) in [6, 6.07) is 9.54. The van der Waals surface area contributed by atoms with Crippen molar-refractivity contribution in [1.29, 1.82) is 0 Å². The third-order valence-corrected chi connectivity index (χ3v) is 5.26. The fraction of sp³-hybridized carbons (Fsp3) is 0.538. The molecular weight excluding hydrogens is 236 g/mol. The number of benzene rings is 1. The third-order valence-electron chi connectivity index (χ3n) is 3.20. The van der Waals surface area contributed by atoms with Gasteiger partial charge in [0.05, 0.1) is 5.75 Å². The Kier molecular flexibility index (Phi) is 3.27. The van der Waals surface area contributed by atoms with Crippen molar-refractivity contribution in [3.05, 3.63) is 35.9 Å². The van der Waals surface area contributed by atoms with E-state index < -0.39 is 20.9 Å². The maximum absolute atomic E-state index is 12.0. The summed E-state index contributed by atoms with van der Waals surface area (Å²) in [5.74, 6) is 0.219. The molecule has 0 radical (unpaired) electrons. The summed E-state index contributed by atoms with van der Waals surface area (Å²) in [4.78, 5) is 0. The standard InChI is InChI=1S/C13H18O3S/c1-3-4-10-17(14,15)12-13(2,16-12)11-8-6-5-7-9-11/h5-9,12H,3-4,10H2,1-2H3/t12-,13-/m0/s1. The summed E-state index contributed by atoms with van der Waals surface area (Å²) in [6.07, 6.45) is 1.58. The van der Waals surface area contributed by atoms with Crippen molar-refractivity contribution in [1.82, 2.24) is 0 Å². The van der Waals surface area contributed by atoms with Gasteiger partial charge in [-0.1, -0.05) is 43.7 Å². The van der Waals surface area contributed by atoms with Gasteiger partial charge in [-0.25, -0.2) is 8.42 Å². The first-order valence-electron chi connectivity index (χ1n) is 5.95. The summed E-state index contributed by atoms with van der Waals surface area (Å²) in [7, 11) is -3.13. The summed E-state index contributed by atoms with van der Waals surface area (Å²) in [5, 5.41) is 0. The van der Waals surface area contributed by atoms with Gasteiger partial charge in [0.25, 0.3) is 0 Å². The van der Waals surface area contributed by atoms with Gasteiger partial charge in [-0.05, 0) is 18.9 Å². The summed E-state index contributed by atoms with van der Waals surface area (Å²) >= 11 is 0. The quantitative estimate of drug-likeness (QED) is 0.758. The summed E-state index contributed by atoms with van der Waals surface area (Å²) in [6.45, 7) is 3.83. The monoisotopic (exact) mass is 254 g/mol. The zero-order valence-electron chi connectivity index (χ0n) is 10.2. The van der Waals surface area contributed by atoms with E-state index in [2.05, 4.69) is 0 Å². The minimum absolute atomic E-state index is 0.219. The molecule has 0 unspecified atom stereocenters. The van der Waals surface area contributed by atoms with Crippen molar-refractivity contribution in [3.8, 4) is 0 Å². The van der Waals surface area contributed by atoms with Crippen LogP contribution in [-0.2, 0) is 20.2 Å². The second kappa shape index (κ2) is 4.42. The number of ether oxygens (including phenoxy) is 1. The molecule has 1 fully saturated rings. The summed E-state index contributed by atoms with van der Waals surface area (Å²) < 4.78 is 29.5. The molecule has 1 aliphatic rings. The summed E-state index contributed by atoms with van der Waals surface area (Å²) in [5.41, 5.74) is -0.373. The van der Waals surface area contributed by atoms with E-state index in [4.69, 9.17) is 4.74 Å². The van der Waals surface area contributed by atoms with Crippen LogP contribution in [0.1, 0.15) is 32.3 Å². The minimum atomic E-state index is -3.13. The first kappa shape index (κ1) is 12.6. The molecule has 3 nitrogen and oxygen atoms in total. The molecule has 4 heteroatoms. The Morgan fingerprint density at radius 2 is 1.94 bits per heavy atom. The topological polar surface area (TPSA) is 46.7 Å². The van der Waals surface area contributed by atoms with Gasteiger partial charge in [0.2, 0.25) is 0 Å². The van der Waals surface area contributed by atoms with Crippen molar-refractivity contribution in [2.45, 2.75) is 37.7 Å². The molecule has 1 saturated heterocycles. The maximum Gasteiger partial charge on any atom is 0.192 e. The fourth-order valence-corrected chi connectivity index (χ4v) is 4.10. The number of sulfone groups is 1. The van der Waals surface area contributed by atoms with E-state index in [0.29, 0.717) is 6.42 Å². The Morgan fingerprint density at radius 1 is 1.29 bits per heavy atom. The highest BCUT2D eigenvalue weighted by atomic mass is 32.2. The van der Waals surface area contributed by atoms with Gasteiger partial charge in [0.15, 0.2) is 15.3 Å². The molecule has 2 atom stereocenters. The van der Waals surface area contributed by atoms with E-state index >= 15 is 0 Å². The third kappa shape index (κ3) is 2.38. The molecule has 0 N–H and O–H groups in total. The second-order valence-corrected chi connectivity index (χ2v) is 6.81. The molecule has 1 aromatic rings. The van der Waals surface area contributed by atoms with Crippen LogP contribution >= 0.6 is 0 Å². The van der Waals surface area contributed by atoms with Gasteiger partial charge < -0.3 is 4.74 Å². The maximum atomic E-state index is 12.0. The number of unbranched alkanes of at least 4 members (excludes halogenated alkanes) is 1. The Bertz CT molecular complexity index is 481. The van der Waals surface area contributed by atoms with E-state index in [1.807, 2.05) is 44.2 Å². The zero-order chi connectivity index (χ0) is 12.5. The molecule has 1 heterocycles. The van der Waals surface area contributed by atoms with Crippen molar-refractivity contribution < 1.29 is 13.2 Å². The molecule has 1 aliphatic heterocycles. The van der Waals surface area contributed by atoms with Gasteiger partial charge in [0, 0.05) is 0 Å². The average Bonchev–Trinajstić information content (AvgIpc) is 3.03. The van der Waals surface area contributed by atoms with Gasteiger partial charge in [-0.3, -0.25) is 0 Å². The van der Waals surface area contributed by atoms with Crippen LogP contribution in [0.4, 0.5) is 0 Å². The smallest absolute Gasteiger partial charge is 0.192 e. The van der Waals surface area contributed by atoms with E-state index in [-0.39, 0.29) is 5.75 Å². The SMILES string of the molecule is CCCCS(=O)(=O)[C@@H]1O[C@@]1(C)c1ccccc1. The second-order valence-electron chi connectivity index (χ2n) is 4.64. The zero-order valence-corrected chi connectivity index (χ0v) is 11.0. The highest BCUT2D eigenvalue weighted by Gasteiger charge is 2.60. The molecule has 0 amide bonds. The van der Waals surface area contributed by atoms with Crippen LogP contribution < -0.4 is 0 Å². The molecule has 0 spiro atoms. The lowest BCUT2D eigenvalue weighted by Crippen LogP contribution is -2.19. The highest BCUT2D eigenvalue weighted by Crippen LogP contribution is 2.48. The number of hydrogen-bond donors (Lipinski definition) is 0. The van der Waals surface area contributed by atoms with Crippen molar-refractivity contribution in [2.75, 3.05) is 5.75 Å². The lowest BCUT2D eigenvalue weighted by Gasteiger charge is -2.06. The molecule has 1 aromatic carbocycles. The van der Waals surface area contributed by atoms with Crippen molar-refractivity contribution in [3.63, 3.8) is 0 Å². The van der Waals surface area contributed by atoms with Gasteiger partial charge in [-0.2, -0.15) is 0 Å². The van der Waals surface area contributed by atoms with Crippen LogP contribution in [0.3, 0.4) is 0 Å². The molecular formula is C13H18O3S. The van der Waals surface area contributed by atoms with Gasteiger partial charge in [-0.15, -0.1) is 0 Å². The molecule has 0 aromatic heterocycles. The number of rotatable bonds is 5. The first-order valence-corrected chi connectivity index (χ1v) is 7.67. The molecule has 94 valence electrons. The Labute approximate surface area is 103 Å². The van der Waals surface area contributed by atoms with E-state index in [9.17, 15) is 8.42 Å². The Hall–Kier alpha value is -0.870. The minimum Gasteiger partial charge on any atom is -0.344 e. The van der Waals surface area contributed by atoms with Crippen LogP contribution in [0.2, 0.25) is 0 Å². The normalized spacial score (nSPS) is 28.0. The molecule has 2 rings (SSSR count). The molecule has 0 bridgehead atoms. The van der Waals surface area contributed by atoms with Crippen LogP contribution in [0, 0.1) is 0 Å². The lowest BCUT2D eigenvalue weighted by atomic mass is 10.0. The van der Waals surface area contributed by atoms with Crippen LogP contribution in [0.5, 0.6) is 0 Å². The predicted molar refractivity (Wildman–Crippen MR) is 67.4 cm³/mol. The van der Waals surface area contributed by atoms with Crippen LogP contribution in [0.25, 0.3) is 0 Å². The van der Waals surface area contributed by atoms with Crippen LogP contribution in [0.15, 0.2) is 30.3 Å². The van der Waals surface area contributed by atoms with E-state index in [0.717, 1.165) is 12.0 Å². The molecule has 17 heavy (non-hydrogen) atoms. The van der Waals surface area contributed by atoms with Gasteiger partial charge in [0.1, 0.15) is 5.60 Å². The van der Waals surface area contributed by atoms with Crippen LogP contribution in [-0.4, -0.2) is 19.6 Å². The van der Waals surface area contributed by atoms with Gasteiger partial charge >= 0.3 is 0 Å². The van der Waals surface area contributed by atoms with Crippen molar-refractivity contribution >= 4 is 9.84 Å². The van der Waals surface area contributed by atoms with E-state index in [1.54, 1.807) is 0 Å². The number of hydrogen-bond acceptors (Lipinski definition) is 3. The lowest BCUT2D eigenvalue weighted by molar-refractivity contribution is 0.323. The Balaban J connectivity index is 2.14. The highest BCUT2D eigenvalue weighted by molar-refractivity contribution is 7.92. The van der Waals surface area contributed by atoms with Crippen molar-refractivity contribution in [2.24, 2.45) is 0 Å². The molecule has 0 aliphatic carbocycles. The number of epoxide rings is 1.